The van der Waals surface area contributed by atoms with E-state index in [1.807, 2.05) is 20.8 Å². The number of nitrogens with one attached hydrogen (secondary N) is 1. The van der Waals surface area contributed by atoms with E-state index in [0.29, 0.717) is 39.6 Å². The molecule has 0 aromatic carbocycles. The first-order valence-electron chi connectivity index (χ1n) is 5.61. The van der Waals surface area contributed by atoms with Crippen LogP contribution in [-0.4, -0.2) is 52.3 Å². The highest BCUT2D eigenvalue weighted by Gasteiger charge is 2.09. The molecular formula is C11H25NO4. The molecule has 0 aromatic heterocycles. The van der Waals surface area contributed by atoms with Crippen molar-refractivity contribution >= 4 is 0 Å². The van der Waals surface area contributed by atoms with Crippen molar-refractivity contribution in [3.05, 3.63) is 0 Å². The third-order valence-electron chi connectivity index (χ3n) is 1.53. The summed E-state index contributed by atoms with van der Waals surface area (Å²) in [5.41, 5.74) is 2.69. The zero-order chi connectivity index (χ0) is 12.3. The van der Waals surface area contributed by atoms with E-state index in [0.717, 1.165) is 0 Å². The van der Waals surface area contributed by atoms with Crippen LogP contribution < -0.4 is 5.48 Å². The highest BCUT2D eigenvalue weighted by molar-refractivity contribution is 4.56. The summed E-state index contributed by atoms with van der Waals surface area (Å²) in [7, 11) is 1.65. The van der Waals surface area contributed by atoms with E-state index in [4.69, 9.17) is 19.0 Å². The number of rotatable bonds is 10. The third kappa shape index (κ3) is 13.8. The van der Waals surface area contributed by atoms with Crippen LogP contribution in [0.3, 0.4) is 0 Å². The summed E-state index contributed by atoms with van der Waals surface area (Å²) < 4.78 is 15.4. The van der Waals surface area contributed by atoms with Gasteiger partial charge in [0.1, 0.15) is 0 Å². The van der Waals surface area contributed by atoms with Crippen LogP contribution in [0, 0.1) is 0 Å². The number of hydrogen-bond donors (Lipinski definition) is 1. The molecule has 1 N–H and O–H groups in total. The molecule has 0 saturated heterocycles. The van der Waals surface area contributed by atoms with Gasteiger partial charge in [-0.3, -0.25) is 4.84 Å². The predicted octanol–water partition coefficient (Wildman–Crippen LogP) is 0.986. The monoisotopic (exact) mass is 235 g/mol. The minimum Gasteiger partial charge on any atom is -0.382 e. The molecule has 0 aliphatic rings. The minimum atomic E-state index is -0.163. The van der Waals surface area contributed by atoms with Crippen molar-refractivity contribution in [3.8, 4) is 0 Å². The van der Waals surface area contributed by atoms with Crippen molar-refractivity contribution in [1.29, 1.82) is 0 Å². The van der Waals surface area contributed by atoms with E-state index in [2.05, 4.69) is 5.48 Å². The van der Waals surface area contributed by atoms with Gasteiger partial charge in [0.05, 0.1) is 38.6 Å². The number of ether oxygens (including phenoxy) is 3. The van der Waals surface area contributed by atoms with E-state index in [9.17, 15) is 0 Å². The summed E-state index contributed by atoms with van der Waals surface area (Å²) >= 11 is 0. The van der Waals surface area contributed by atoms with Gasteiger partial charge in [0.25, 0.3) is 0 Å². The van der Waals surface area contributed by atoms with Gasteiger partial charge in [0.15, 0.2) is 0 Å². The first-order valence-corrected chi connectivity index (χ1v) is 5.61. The normalized spacial score (nSPS) is 12.0. The van der Waals surface area contributed by atoms with Crippen molar-refractivity contribution in [2.24, 2.45) is 0 Å². The lowest BCUT2D eigenvalue weighted by atomic mass is 10.2. The molecule has 16 heavy (non-hydrogen) atoms. The SMILES string of the molecule is COCCOCCOCCNOC(C)(C)C. The van der Waals surface area contributed by atoms with E-state index >= 15 is 0 Å². The Morgan fingerprint density at radius 3 is 2.00 bits per heavy atom. The largest absolute Gasteiger partial charge is 0.382 e. The molecule has 0 radical (unpaired) electrons. The summed E-state index contributed by atoms with van der Waals surface area (Å²) in [6, 6.07) is 0. The van der Waals surface area contributed by atoms with Gasteiger partial charge in [-0.1, -0.05) is 0 Å². The van der Waals surface area contributed by atoms with Gasteiger partial charge in [0, 0.05) is 13.7 Å². The second-order valence-corrected chi connectivity index (χ2v) is 4.33. The summed E-state index contributed by atoms with van der Waals surface area (Å²) in [5, 5.41) is 0. The lowest BCUT2D eigenvalue weighted by molar-refractivity contribution is -0.0802. The third-order valence-corrected chi connectivity index (χ3v) is 1.53. The fraction of sp³-hybridized carbons (Fsp3) is 1.00. The van der Waals surface area contributed by atoms with Crippen molar-refractivity contribution in [2.75, 3.05) is 46.7 Å². The van der Waals surface area contributed by atoms with E-state index in [1.54, 1.807) is 7.11 Å². The Balaban J connectivity index is 2.99. The highest BCUT2D eigenvalue weighted by atomic mass is 16.7. The van der Waals surface area contributed by atoms with Crippen LogP contribution in [0.15, 0.2) is 0 Å². The fourth-order valence-corrected chi connectivity index (χ4v) is 0.846. The van der Waals surface area contributed by atoms with E-state index in [-0.39, 0.29) is 5.60 Å². The van der Waals surface area contributed by atoms with Crippen molar-refractivity contribution in [2.45, 2.75) is 26.4 Å². The maximum atomic E-state index is 5.32. The molecule has 0 saturated carbocycles. The van der Waals surface area contributed by atoms with Gasteiger partial charge >= 0.3 is 0 Å². The molecule has 0 atom stereocenters. The molecule has 0 rings (SSSR count). The average molecular weight is 235 g/mol. The quantitative estimate of drug-likeness (QED) is 0.452. The maximum Gasteiger partial charge on any atom is 0.0812 e. The van der Waals surface area contributed by atoms with Crippen molar-refractivity contribution in [1.82, 2.24) is 5.48 Å². The van der Waals surface area contributed by atoms with Crippen LogP contribution in [0.2, 0.25) is 0 Å². The van der Waals surface area contributed by atoms with Gasteiger partial charge in [-0.15, -0.1) is 0 Å². The van der Waals surface area contributed by atoms with E-state index < -0.39 is 0 Å². The molecular weight excluding hydrogens is 210 g/mol. The topological polar surface area (TPSA) is 49.0 Å². The van der Waals surface area contributed by atoms with Crippen LogP contribution in [0.4, 0.5) is 0 Å². The van der Waals surface area contributed by atoms with Gasteiger partial charge in [-0.2, -0.15) is 5.48 Å². The number of hydrogen-bond acceptors (Lipinski definition) is 5. The Bertz CT molecular complexity index is 147. The van der Waals surface area contributed by atoms with Crippen LogP contribution in [-0.2, 0) is 19.0 Å². The fourth-order valence-electron chi connectivity index (χ4n) is 0.846. The molecule has 0 spiro atoms. The molecule has 0 aromatic rings. The van der Waals surface area contributed by atoms with Gasteiger partial charge in [0.2, 0.25) is 0 Å². The Hall–Kier alpha value is -0.200. The first kappa shape index (κ1) is 15.8. The van der Waals surface area contributed by atoms with Crippen LogP contribution >= 0.6 is 0 Å². The zero-order valence-corrected chi connectivity index (χ0v) is 10.9. The number of hydroxylamine groups is 1. The van der Waals surface area contributed by atoms with E-state index in [1.165, 1.54) is 0 Å². The van der Waals surface area contributed by atoms with Crippen LogP contribution in [0.5, 0.6) is 0 Å². The lowest BCUT2D eigenvalue weighted by Crippen LogP contribution is -2.31. The van der Waals surface area contributed by atoms with Gasteiger partial charge in [-0.25, -0.2) is 0 Å². The molecule has 0 bridgehead atoms. The Kier molecular flexibility index (Phi) is 9.86. The average Bonchev–Trinajstić information content (AvgIpc) is 2.19. The zero-order valence-electron chi connectivity index (χ0n) is 10.9. The summed E-state index contributed by atoms with van der Waals surface area (Å²) in [5.74, 6) is 0. The van der Waals surface area contributed by atoms with Crippen molar-refractivity contribution in [3.63, 3.8) is 0 Å². The van der Waals surface area contributed by atoms with Crippen LogP contribution in [0.1, 0.15) is 20.8 Å². The summed E-state index contributed by atoms with van der Waals surface area (Å²) in [6.07, 6.45) is 0. The predicted molar refractivity (Wildman–Crippen MR) is 62.4 cm³/mol. The molecule has 5 heteroatoms. The molecule has 0 unspecified atom stereocenters. The molecule has 0 aliphatic heterocycles. The maximum absolute atomic E-state index is 5.32. The second-order valence-electron chi connectivity index (χ2n) is 4.33. The Labute approximate surface area is 98.3 Å². The standard InChI is InChI=1S/C11H25NO4/c1-11(2,3)16-12-5-6-14-9-10-15-8-7-13-4/h12H,5-10H2,1-4H3. The van der Waals surface area contributed by atoms with Crippen molar-refractivity contribution < 1.29 is 19.0 Å². The Morgan fingerprint density at radius 2 is 1.44 bits per heavy atom. The summed E-state index contributed by atoms with van der Waals surface area (Å²) in [4.78, 5) is 5.31. The second kappa shape index (κ2) is 9.99. The molecule has 0 amide bonds. The first-order chi connectivity index (χ1) is 7.56. The number of methoxy groups -OCH3 is 1. The minimum absolute atomic E-state index is 0.163. The van der Waals surface area contributed by atoms with Crippen LogP contribution in [0.25, 0.3) is 0 Å². The Morgan fingerprint density at radius 1 is 0.875 bits per heavy atom. The molecule has 98 valence electrons. The lowest BCUT2D eigenvalue weighted by Gasteiger charge is -2.19. The molecule has 0 aliphatic carbocycles. The molecule has 5 nitrogen and oxygen atoms in total. The smallest absolute Gasteiger partial charge is 0.0812 e. The highest BCUT2D eigenvalue weighted by Crippen LogP contribution is 2.02. The molecule has 0 heterocycles. The summed E-state index contributed by atoms with van der Waals surface area (Å²) in [6.45, 7) is 9.70. The van der Waals surface area contributed by atoms with Gasteiger partial charge < -0.3 is 14.2 Å². The van der Waals surface area contributed by atoms with Gasteiger partial charge in [-0.05, 0) is 20.8 Å². The molecule has 0 fully saturated rings.